The quantitative estimate of drug-likeness (QED) is 0.481. The highest BCUT2D eigenvalue weighted by Gasteiger charge is 2.20. The summed E-state index contributed by atoms with van der Waals surface area (Å²) >= 11 is 5.03. The Bertz CT molecular complexity index is 248. The van der Waals surface area contributed by atoms with E-state index >= 15 is 0 Å². The number of nitrogens with zero attached hydrogens (tertiary/aromatic N) is 1. The summed E-state index contributed by atoms with van der Waals surface area (Å²) in [5, 5.41) is 11.1. The van der Waals surface area contributed by atoms with Crippen molar-refractivity contribution < 1.29 is 19.1 Å². The van der Waals surface area contributed by atoms with Gasteiger partial charge in [-0.1, -0.05) is 6.92 Å². The van der Waals surface area contributed by atoms with Gasteiger partial charge < -0.3 is 19.1 Å². The van der Waals surface area contributed by atoms with Crippen molar-refractivity contribution in [1.82, 2.24) is 0 Å². The average molecular weight is 247 g/mol. The van der Waals surface area contributed by atoms with Crippen molar-refractivity contribution in [2.75, 3.05) is 27.7 Å². The molecular weight excluding hydrogens is 226 g/mol. The highest BCUT2D eigenvalue weighted by molar-refractivity contribution is 7.80. The van der Waals surface area contributed by atoms with Gasteiger partial charge in [0.15, 0.2) is 11.2 Å². The van der Waals surface area contributed by atoms with Crippen molar-refractivity contribution in [3.8, 4) is 0 Å². The second-order valence-electron chi connectivity index (χ2n) is 4.91. The minimum Gasteiger partial charge on any atom is -0.550 e. The smallest absolute Gasteiger partial charge is 0.160 e. The minimum atomic E-state index is -1.10. The summed E-state index contributed by atoms with van der Waals surface area (Å²) in [5.74, 6) is -1.10. The first-order valence-corrected chi connectivity index (χ1v) is 5.85. The lowest BCUT2D eigenvalue weighted by atomic mass is 10.2. The van der Waals surface area contributed by atoms with E-state index in [1.807, 2.05) is 28.1 Å². The number of rotatable bonds is 7. The van der Waals surface area contributed by atoms with Crippen LogP contribution in [0.3, 0.4) is 0 Å². The number of quaternary nitrogens is 1. The molecule has 0 saturated carbocycles. The molecular formula is C11H21NO3S. The molecule has 0 aromatic rings. The Labute approximate surface area is 103 Å². The molecule has 0 aliphatic carbocycles. The van der Waals surface area contributed by atoms with Gasteiger partial charge in [-0.15, -0.1) is 0 Å². The molecule has 1 atom stereocenters. The first kappa shape index (κ1) is 15.3. The number of hydrogen-bond donors (Lipinski definition) is 0. The first-order valence-electron chi connectivity index (χ1n) is 5.44. The highest BCUT2D eigenvalue weighted by Crippen LogP contribution is 2.07. The second kappa shape index (κ2) is 6.81. The first-order chi connectivity index (χ1) is 7.24. The van der Waals surface area contributed by atoms with Crippen LogP contribution in [0.25, 0.3) is 0 Å². The molecule has 94 valence electrons. The van der Waals surface area contributed by atoms with Crippen LogP contribution >= 0.6 is 12.2 Å². The molecule has 0 aromatic carbocycles. The molecule has 0 aliphatic rings. The summed E-state index contributed by atoms with van der Waals surface area (Å²) in [6.07, 6.45) is 1.08. The third-order valence-corrected chi connectivity index (χ3v) is 2.20. The summed E-state index contributed by atoms with van der Waals surface area (Å²) in [5.41, 5.74) is 0. The Morgan fingerprint density at radius 2 is 2.00 bits per heavy atom. The minimum absolute atomic E-state index is 0.112. The molecule has 0 bridgehead atoms. The molecule has 16 heavy (non-hydrogen) atoms. The number of carboxylic acid groups (broad SMARTS) is 1. The summed E-state index contributed by atoms with van der Waals surface area (Å²) in [6.45, 7) is 2.60. The van der Waals surface area contributed by atoms with Gasteiger partial charge in [0.25, 0.3) is 0 Å². The Morgan fingerprint density at radius 3 is 2.38 bits per heavy atom. The number of likely N-dealkylation sites (N-methyl/N-ethyl adjacent to an activating group) is 1. The maximum atomic E-state index is 10.6. The van der Waals surface area contributed by atoms with Crippen LogP contribution in [0, 0.1) is 0 Å². The fourth-order valence-electron chi connectivity index (χ4n) is 1.39. The number of thiocarbonyl (C=S) groups is 1. The largest absolute Gasteiger partial charge is 0.550 e. The molecule has 0 heterocycles. The van der Waals surface area contributed by atoms with E-state index in [0.29, 0.717) is 22.5 Å². The van der Waals surface area contributed by atoms with Crippen molar-refractivity contribution in [2.45, 2.75) is 32.3 Å². The molecule has 4 nitrogen and oxygen atoms in total. The van der Waals surface area contributed by atoms with Crippen LogP contribution in [0.15, 0.2) is 0 Å². The van der Waals surface area contributed by atoms with Crippen molar-refractivity contribution >= 4 is 23.2 Å². The van der Waals surface area contributed by atoms with Gasteiger partial charge in [-0.3, -0.25) is 0 Å². The summed E-state index contributed by atoms with van der Waals surface area (Å²) < 4.78 is 6.10. The molecule has 0 aliphatic heterocycles. The van der Waals surface area contributed by atoms with Gasteiger partial charge in [-0.2, -0.15) is 0 Å². The lowest BCUT2D eigenvalue weighted by molar-refractivity contribution is -0.873. The van der Waals surface area contributed by atoms with E-state index < -0.39 is 12.1 Å². The normalized spacial score (nSPS) is 13.2. The molecule has 0 radical (unpaired) electrons. The number of aliphatic carboxylic acids is 1. The Morgan fingerprint density at radius 1 is 1.44 bits per heavy atom. The molecule has 0 spiro atoms. The van der Waals surface area contributed by atoms with Crippen molar-refractivity contribution in [1.29, 1.82) is 0 Å². The van der Waals surface area contributed by atoms with Crippen molar-refractivity contribution in [2.24, 2.45) is 0 Å². The molecule has 1 unspecified atom stereocenters. The van der Waals surface area contributed by atoms with Crippen LogP contribution in [-0.2, 0) is 9.53 Å². The number of carbonyl (C=O) groups excluding carboxylic acids is 1. The molecule has 0 saturated heterocycles. The maximum absolute atomic E-state index is 10.6. The molecule has 0 N–H and O–H groups in total. The van der Waals surface area contributed by atoms with Gasteiger partial charge in [-0.05, 0) is 18.6 Å². The predicted molar refractivity (Wildman–Crippen MR) is 64.9 cm³/mol. The molecule has 5 heteroatoms. The van der Waals surface area contributed by atoms with Gasteiger partial charge in [0.05, 0.1) is 21.1 Å². The summed E-state index contributed by atoms with van der Waals surface area (Å²) in [6, 6.07) is 0. The van der Waals surface area contributed by atoms with E-state index in [-0.39, 0.29) is 6.42 Å². The van der Waals surface area contributed by atoms with Gasteiger partial charge in [-0.25, -0.2) is 0 Å². The van der Waals surface area contributed by atoms with E-state index in [4.69, 9.17) is 17.0 Å². The van der Waals surface area contributed by atoms with Gasteiger partial charge >= 0.3 is 0 Å². The molecule has 0 aromatic heterocycles. The van der Waals surface area contributed by atoms with Gasteiger partial charge in [0.2, 0.25) is 0 Å². The number of carboxylic acids is 1. The third-order valence-electron chi connectivity index (χ3n) is 1.90. The summed E-state index contributed by atoms with van der Waals surface area (Å²) in [7, 11) is 5.94. The zero-order valence-electron chi connectivity index (χ0n) is 10.5. The zero-order chi connectivity index (χ0) is 12.8. The van der Waals surface area contributed by atoms with Crippen LogP contribution in [0.2, 0.25) is 0 Å². The van der Waals surface area contributed by atoms with E-state index in [0.717, 1.165) is 6.42 Å². The van der Waals surface area contributed by atoms with E-state index in [2.05, 4.69) is 0 Å². The van der Waals surface area contributed by atoms with Crippen molar-refractivity contribution in [3.63, 3.8) is 0 Å². The molecule has 0 rings (SSSR count). The van der Waals surface area contributed by atoms with Gasteiger partial charge in [0, 0.05) is 18.8 Å². The number of carbonyl (C=O) groups is 1. The van der Waals surface area contributed by atoms with E-state index in [1.54, 1.807) is 0 Å². The second-order valence-corrected chi connectivity index (χ2v) is 5.37. The van der Waals surface area contributed by atoms with E-state index in [9.17, 15) is 9.90 Å². The maximum Gasteiger partial charge on any atom is 0.160 e. The number of hydrogen-bond acceptors (Lipinski definition) is 4. The Hall–Kier alpha value is -0.680. The fourth-order valence-corrected chi connectivity index (χ4v) is 1.73. The van der Waals surface area contributed by atoms with Gasteiger partial charge in [0.1, 0.15) is 6.54 Å². The highest BCUT2D eigenvalue weighted by atomic mass is 32.1. The van der Waals surface area contributed by atoms with Crippen LogP contribution in [-0.4, -0.2) is 49.3 Å². The monoisotopic (exact) mass is 247 g/mol. The average Bonchev–Trinajstić information content (AvgIpc) is 1.98. The van der Waals surface area contributed by atoms with Crippen LogP contribution in [0.5, 0.6) is 0 Å². The lowest BCUT2D eigenvalue weighted by Crippen LogP contribution is -2.45. The molecule has 0 fully saturated rings. The Kier molecular flexibility index (Phi) is 6.52. The molecule has 0 amide bonds. The topological polar surface area (TPSA) is 49.4 Å². The van der Waals surface area contributed by atoms with Crippen LogP contribution in [0.1, 0.15) is 26.2 Å². The standard InChI is InChI=1S/C11H21NO3S/c1-5-6-11(16)15-9(7-10(13)14)8-12(2,3)4/h9H,5-8H2,1-4H3. The summed E-state index contributed by atoms with van der Waals surface area (Å²) in [4.78, 5) is 10.6. The van der Waals surface area contributed by atoms with E-state index in [1.165, 1.54) is 0 Å². The van der Waals surface area contributed by atoms with Crippen LogP contribution in [0.4, 0.5) is 0 Å². The number of ether oxygens (including phenoxy) is 1. The lowest BCUT2D eigenvalue weighted by Gasteiger charge is -2.29. The SMILES string of the molecule is CCCC(=S)OC(CC(=O)[O-])C[N+](C)(C)C. The zero-order valence-corrected chi connectivity index (χ0v) is 11.3. The Balaban J connectivity index is 4.31. The third kappa shape index (κ3) is 8.61. The predicted octanol–water partition coefficient (Wildman–Crippen LogP) is 0.345. The van der Waals surface area contributed by atoms with Crippen LogP contribution < -0.4 is 5.11 Å². The van der Waals surface area contributed by atoms with Crippen molar-refractivity contribution in [3.05, 3.63) is 0 Å². The fraction of sp³-hybridized carbons (Fsp3) is 0.818.